The molecule has 1 aliphatic carbocycles. The molecule has 1 aliphatic rings. The van der Waals surface area contributed by atoms with Crippen molar-refractivity contribution in [2.24, 2.45) is 0 Å². The third-order valence-corrected chi connectivity index (χ3v) is 3.98. The van der Waals surface area contributed by atoms with E-state index in [0.29, 0.717) is 18.2 Å². The zero-order valence-electron chi connectivity index (χ0n) is 16.3. The summed E-state index contributed by atoms with van der Waals surface area (Å²) in [6, 6.07) is 3.46. The number of nitrogens with two attached hydrogens (primary N) is 1. The van der Waals surface area contributed by atoms with E-state index in [2.05, 4.69) is 0 Å². The maximum absolute atomic E-state index is 12.0. The smallest absolute Gasteiger partial charge is 0.416 e. The molecule has 0 aliphatic heterocycles. The SMILES string of the molecule is CC(C)(C)c1cc(CCC(=O)O)cc(N)c1O.N=C1C=CC(C(F)(F)F)=CC1=N. The molecule has 0 saturated heterocycles. The Morgan fingerprint density at radius 1 is 1.10 bits per heavy atom. The van der Waals surface area contributed by atoms with Gasteiger partial charge in [-0.3, -0.25) is 15.6 Å². The Balaban J connectivity index is 0.000000308. The minimum Gasteiger partial charge on any atom is -0.505 e. The molecule has 0 aromatic heterocycles. The fourth-order valence-electron chi connectivity index (χ4n) is 2.41. The quantitative estimate of drug-likeness (QED) is 0.287. The van der Waals surface area contributed by atoms with Crippen molar-refractivity contribution in [3.05, 3.63) is 47.1 Å². The van der Waals surface area contributed by atoms with Gasteiger partial charge in [0.1, 0.15) is 5.75 Å². The number of hydrogen-bond acceptors (Lipinski definition) is 5. The number of carbonyl (C=O) groups is 1. The molecule has 1 aromatic carbocycles. The fourth-order valence-corrected chi connectivity index (χ4v) is 2.41. The second-order valence-corrected chi connectivity index (χ2v) is 7.48. The number of phenolic OH excluding ortho intramolecular Hbond substituents is 1. The second-order valence-electron chi connectivity index (χ2n) is 7.48. The lowest BCUT2D eigenvalue weighted by Gasteiger charge is -2.22. The lowest BCUT2D eigenvalue weighted by Crippen LogP contribution is -2.18. The highest BCUT2D eigenvalue weighted by Crippen LogP contribution is 2.36. The standard InChI is InChI=1S/C13H19NO3.C7H5F3N2/c1-13(2,3)9-6-8(4-5-11(15)16)7-10(14)12(9)17;8-7(9,10)4-1-2-5(11)6(12)3-4/h6-7,17H,4-5,14H2,1-3H3,(H,15,16);1-3,11-12H. The van der Waals surface area contributed by atoms with Crippen LogP contribution in [-0.4, -0.2) is 33.8 Å². The maximum atomic E-state index is 12.0. The van der Waals surface area contributed by atoms with Crippen LogP contribution in [-0.2, 0) is 16.6 Å². The molecule has 0 atom stereocenters. The molecule has 158 valence electrons. The Morgan fingerprint density at radius 3 is 2.14 bits per heavy atom. The van der Waals surface area contributed by atoms with Crippen LogP contribution < -0.4 is 5.73 Å². The van der Waals surface area contributed by atoms with Crippen LogP contribution in [0.2, 0.25) is 0 Å². The number of carboxylic acid groups (broad SMARTS) is 1. The van der Waals surface area contributed by atoms with Crippen molar-refractivity contribution in [3.8, 4) is 5.75 Å². The molecular formula is C20H24F3N3O3. The first-order valence-electron chi connectivity index (χ1n) is 8.61. The number of rotatable bonds is 3. The third-order valence-electron chi connectivity index (χ3n) is 3.98. The van der Waals surface area contributed by atoms with Gasteiger partial charge in [0, 0.05) is 12.0 Å². The van der Waals surface area contributed by atoms with Gasteiger partial charge in [-0.05, 0) is 41.7 Å². The molecule has 0 spiro atoms. The molecule has 0 amide bonds. The van der Waals surface area contributed by atoms with E-state index in [1.807, 2.05) is 26.8 Å². The van der Waals surface area contributed by atoms with E-state index >= 15 is 0 Å². The molecule has 1 aromatic rings. The number of nitrogen functional groups attached to an aromatic ring is 1. The van der Waals surface area contributed by atoms with E-state index in [-0.39, 0.29) is 23.3 Å². The Bertz CT molecular complexity index is 879. The predicted octanol–water partition coefficient (Wildman–Crippen LogP) is 4.37. The summed E-state index contributed by atoms with van der Waals surface area (Å²) in [6.07, 6.45) is -1.55. The molecule has 0 fully saturated rings. The van der Waals surface area contributed by atoms with Gasteiger partial charge in [-0.1, -0.05) is 26.8 Å². The predicted molar refractivity (Wildman–Crippen MR) is 106 cm³/mol. The molecule has 0 heterocycles. The molecular weight excluding hydrogens is 387 g/mol. The molecule has 0 unspecified atom stereocenters. The number of allylic oxidation sites excluding steroid dienone is 4. The number of aliphatic carboxylic acids is 1. The number of alkyl halides is 3. The molecule has 6 N–H and O–H groups in total. The average molecular weight is 411 g/mol. The Hall–Kier alpha value is -3.10. The molecule has 0 bridgehead atoms. The zero-order valence-corrected chi connectivity index (χ0v) is 16.3. The average Bonchev–Trinajstić information content (AvgIpc) is 2.56. The van der Waals surface area contributed by atoms with Crippen molar-refractivity contribution in [2.45, 2.75) is 45.2 Å². The molecule has 6 nitrogen and oxygen atoms in total. The van der Waals surface area contributed by atoms with Crippen molar-refractivity contribution < 1.29 is 28.2 Å². The van der Waals surface area contributed by atoms with Crippen LogP contribution in [0.15, 0.2) is 35.9 Å². The Morgan fingerprint density at radius 2 is 1.69 bits per heavy atom. The van der Waals surface area contributed by atoms with Crippen LogP contribution >= 0.6 is 0 Å². The monoisotopic (exact) mass is 411 g/mol. The van der Waals surface area contributed by atoms with Gasteiger partial charge in [0.05, 0.1) is 22.7 Å². The largest absolute Gasteiger partial charge is 0.505 e. The minimum absolute atomic E-state index is 0.0633. The van der Waals surface area contributed by atoms with Crippen molar-refractivity contribution in [3.63, 3.8) is 0 Å². The number of aromatic hydroxyl groups is 1. The normalized spacial score (nSPS) is 14.2. The van der Waals surface area contributed by atoms with Crippen LogP contribution in [0.1, 0.15) is 38.3 Å². The highest BCUT2D eigenvalue weighted by atomic mass is 19.4. The van der Waals surface area contributed by atoms with Crippen LogP contribution in [0, 0.1) is 10.8 Å². The molecule has 2 rings (SSSR count). The maximum Gasteiger partial charge on any atom is 0.416 e. The number of aryl methyl sites for hydroxylation is 1. The van der Waals surface area contributed by atoms with Gasteiger partial charge in [0.15, 0.2) is 0 Å². The van der Waals surface area contributed by atoms with E-state index in [1.54, 1.807) is 6.07 Å². The number of phenols is 1. The van der Waals surface area contributed by atoms with Crippen LogP contribution in [0.25, 0.3) is 0 Å². The first kappa shape index (κ1) is 23.9. The van der Waals surface area contributed by atoms with E-state index in [9.17, 15) is 23.1 Å². The zero-order chi connectivity index (χ0) is 22.6. The first-order chi connectivity index (χ1) is 13.1. The number of carboxylic acids is 1. The summed E-state index contributed by atoms with van der Waals surface area (Å²) in [7, 11) is 0. The van der Waals surface area contributed by atoms with Gasteiger partial charge in [-0.25, -0.2) is 0 Å². The number of anilines is 1. The highest BCUT2D eigenvalue weighted by molar-refractivity contribution is 6.49. The molecule has 0 saturated carbocycles. The van der Waals surface area contributed by atoms with Crippen LogP contribution in [0.5, 0.6) is 5.75 Å². The summed E-state index contributed by atoms with van der Waals surface area (Å²) in [6.45, 7) is 5.92. The summed E-state index contributed by atoms with van der Waals surface area (Å²) >= 11 is 0. The van der Waals surface area contributed by atoms with E-state index in [4.69, 9.17) is 21.7 Å². The van der Waals surface area contributed by atoms with E-state index in [1.165, 1.54) is 0 Å². The highest BCUT2D eigenvalue weighted by Gasteiger charge is 2.33. The minimum atomic E-state index is -4.43. The van der Waals surface area contributed by atoms with Crippen molar-refractivity contribution in [1.29, 1.82) is 10.8 Å². The van der Waals surface area contributed by atoms with Crippen molar-refractivity contribution in [2.75, 3.05) is 5.73 Å². The molecule has 29 heavy (non-hydrogen) atoms. The Labute approximate surface area is 166 Å². The molecule has 0 radical (unpaired) electrons. The number of benzene rings is 1. The van der Waals surface area contributed by atoms with Gasteiger partial charge in [0.2, 0.25) is 0 Å². The van der Waals surface area contributed by atoms with E-state index in [0.717, 1.165) is 23.3 Å². The van der Waals surface area contributed by atoms with Gasteiger partial charge < -0.3 is 15.9 Å². The lowest BCUT2D eigenvalue weighted by atomic mass is 9.84. The summed E-state index contributed by atoms with van der Waals surface area (Å²) in [5, 5.41) is 32.5. The van der Waals surface area contributed by atoms with Gasteiger partial charge in [-0.2, -0.15) is 13.2 Å². The molecule has 9 heteroatoms. The third kappa shape index (κ3) is 7.10. The number of halogens is 3. The number of nitrogens with one attached hydrogen (secondary N) is 2. The van der Waals surface area contributed by atoms with Crippen molar-refractivity contribution in [1.82, 2.24) is 0 Å². The lowest BCUT2D eigenvalue weighted by molar-refractivity contribution is -0.136. The summed E-state index contributed by atoms with van der Waals surface area (Å²) in [5.74, 6) is -0.745. The van der Waals surface area contributed by atoms with Gasteiger partial charge >= 0.3 is 12.1 Å². The Kier molecular flexibility index (Phi) is 7.37. The summed E-state index contributed by atoms with van der Waals surface area (Å²) < 4.78 is 35.9. The summed E-state index contributed by atoms with van der Waals surface area (Å²) in [4.78, 5) is 10.5. The van der Waals surface area contributed by atoms with Gasteiger partial charge in [0.25, 0.3) is 0 Å². The topological polar surface area (TPSA) is 131 Å². The first-order valence-corrected chi connectivity index (χ1v) is 8.61. The van der Waals surface area contributed by atoms with Crippen LogP contribution in [0.4, 0.5) is 18.9 Å². The van der Waals surface area contributed by atoms with Crippen molar-refractivity contribution >= 4 is 23.1 Å². The number of hydrogen-bond donors (Lipinski definition) is 5. The fraction of sp³-hybridized carbons (Fsp3) is 0.350. The van der Waals surface area contributed by atoms with E-state index < -0.39 is 23.4 Å². The van der Waals surface area contributed by atoms with Crippen LogP contribution in [0.3, 0.4) is 0 Å². The summed E-state index contributed by atoms with van der Waals surface area (Å²) in [5.41, 5.74) is 5.89. The van der Waals surface area contributed by atoms with Gasteiger partial charge in [-0.15, -0.1) is 0 Å². The second kappa shape index (κ2) is 8.93.